The number of carbonyl (C=O) groups is 1. The van der Waals surface area contributed by atoms with E-state index >= 15 is 0 Å². The highest BCUT2D eigenvalue weighted by Gasteiger charge is 2.30. The summed E-state index contributed by atoms with van der Waals surface area (Å²) < 4.78 is 7.55. The van der Waals surface area contributed by atoms with Gasteiger partial charge in [-0.15, -0.1) is 0 Å². The number of rotatable bonds is 2. The Bertz CT molecular complexity index is 1290. The molecule has 2 aliphatic carbocycles. The van der Waals surface area contributed by atoms with Crippen molar-refractivity contribution in [3.63, 3.8) is 0 Å². The van der Waals surface area contributed by atoms with Crippen LogP contribution in [0.15, 0.2) is 30.5 Å². The summed E-state index contributed by atoms with van der Waals surface area (Å²) in [6, 6.07) is 9.25. The lowest BCUT2D eigenvalue weighted by atomic mass is 9.82. The van der Waals surface area contributed by atoms with Gasteiger partial charge in [0.15, 0.2) is 0 Å². The Morgan fingerprint density at radius 3 is 2.77 bits per heavy atom. The number of aromatic amines is 1. The van der Waals surface area contributed by atoms with Gasteiger partial charge in [0, 0.05) is 40.0 Å². The highest BCUT2D eigenvalue weighted by atomic mass is 16.5. The molecule has 1 atom stereocenters. The van der Waals surface area contributed by atoms with E-state index in [-0.39, 0.29) is 5.97 Å². The summed E-state index contributed by atoms with van der Waals surface area (Å²) in [5, 5.41) is 3.46. The Balaban J connectivity index is 1.67. The molecule has 3 aromatic rings. The van der Waals surface area contributed by atoms with Crippen LogP contribution < -0.4 is 10.6 Å². The average Bonchev–Trinajstić information content (AvgIpc) is 3.38. The summed E-state index contributed by atoms with van der Waals surface area (Å²) in [4.78, 5) is 16.0. The summed E-state index contributed by atoms with van der Waals surface area (Å²) >= 11 is 0. The predicted octanol–water partition coefficient (Wildman–Crippen LogP) is 4.91. The van der Waals surface area contributed by atoms with Gasteiger partial charge in [-0.05, 0) is 55.2 Å². The van der Waals surface area contributed by atoms with Gasteiger partial charge in [0.25, 0.3) is 0 Å². The molecule has 0 unspecified atom stereocenters. The quantitative estimate of drug-likeness (QED) is 0.606. The molecule has 160 valence electrons. The predicted molar refractivity (Wildman–Crippen MR) is 124 cm³/mol. The van der Waals surface area contributed by atoms with E-state index < -0.39 is 0 Å². The molecule has 4 heteroatoms. The first-order valence-electron chi connectivity index (χ1n) is 11.9. The molecule has 0 saturated heterocycles. The maximum atomic E-state index is 12.6. The summed E-state index contributed by atoms with van der Waals surface area (Å²) in [7, 11) is 1.46. The number of nitrogens with zero attached hydrogens (tertiary/aromatic N) is 1. The molecule has 1 aliphatic heterocycles. The van der Waals surface area contributed by atoms with Crippen LogP contribution in [0.5, 0.6) is 0 Å². The van der Waals surface area contributed by atoms with E-state index in [0.29, 0.717) is 17.4 Å². The number of carbonyl (C=O) groups excluding carboxylic acids is 1. The summed E-state index contributed by atoms with van der Waals surface area (Å²) in [6.07, 6.45) is 15.4. The zero-order valence-electron chi connectivity index (χ0n) is 18.2. The molecule has 3 heterocycles. The lowest BCUT2D eigenvalue weighted by Gasteiger charge is -2.26. The minimum absolute atomic E-state index is 0.269. The van der Waals surface area contributed by atoms with Crippen molar-refractivity contribution in [1.29, 1.82) is 0 Å². The average molecular weight is 415 g/mol. The fourth-order valence-electron chi connectivity index (χ4n) is 6.36. The number of hydrogen-bond donors (Lipinski definition) is 1. The molecule has 2 saturated carbocycles. The van der Waals surface area contributed by atoms with E-state index in [1.165, 1.54) is 86.2 Å². The third kappa shape index (κ3) is 2.91. The number of esters is 1. The molecule has 0 spiro atoms. The molecule has 2 aromatic heterocycles. The topological polar surface area (TPSA) is 47.0 Å². The van der Waals surface area contributed by atoms with Crippen LogP contribution in [0, 0.1) is 0 Å². The Labute approximate surface area is 182 Å². The number of H-pyrrole nitrogens is 1. The molecule has 0 radical (unpaired) electrons. The van der Waals surface area contributed by atoms with Crippen LogP contribution in [0.25, 0.3) is 22.7 Å². The van der Waals surface area contributed by atoms with E-state index in [0.717, 1.165) is 17.0 Å². The molecule has 3 aliphatic rings. The number of nitrogens with one attached hydrogen (secondary N) is 1. The van der Waals surface area contributed by atoms with Gasteiger partial charge in [-0.3, -0.25) is 0 Å². The van der Waals surface area contributed by atoms with E-state index in [9.17, 15) is 4.79 Å². The van der Waals surface area contributed by atoms with Gasteiger partial charge >= 0.3 is 5.97 Å². The normalized spacial score (nSPS) is 21.1. The molecule has 1 N–H and O–H groups in total. The van der Waals surface area contributed by atoms with Gasteiger partial charge in [-0.1, -0.05) is 43.9 Å². The number of methoxy groups -OCH3 is 1. The van der Waals surface area contributed by atoms with Crippen LogP contribution in [-0.2, 0) is 4.74 Å². The summed E-state index contributed by atoms with van der Waals surface area (Å²) in [6.45, 7) is 0. The maximum Gasteiger partial charge on any atom is 0.340 e. The van der Waals surface area contributed by atoms with Crippen LogP contribution in [0.4, 0.5) is 0 Å². The van der Waals surface area contributed by atoms with Crippen LogP contribution in [0.1, 0.15) is 91.2 Å². The number of hydrogen-bond acceptors (Lipinski definition) is 2. The van der Waals surface area contributed by atoms with Gasteiger partial charge in [-0.25, -0.2) is 4.79 Å². The van der Waals surface area contributed by atoms with Crippen LogP contribution in [0.2, 0.25) is 0 Å². The maximum absolute atomic E-state index is 12.6. The van der Waals surface area contributed by atoms with Gasteiger partial charge in [-0.2, -0.15) is 0 Å². The van der Waals surface area contributed by atoms with Crippen molar-refractivity contribution >= 4 is 28.6 Å². The van der Waals surface area contributed by atoms with E-state index in [4.69, 9.17) is 4.74 Å². The number of ether oxygens (including phenoxy) is 1. The molecular formula is C27H30N2O2. The summed E-state index contributed by atoms with van der Waals surface area (Å²) in [5.74, 6) is 0.768. The van der Waals surface area contributed by atoms with Gasteiger partial charge in [0.2, 0.25) is 0 Å². The van der Waals surface area contributed by atoms with Gasteiger partial charge in [0.1, 0.15) is 0 Å². The highest BCUT2D eigenvalue weighted by Crippen LogP contribution is 2.43. The molecule has 1 aromatic carbocycles. The smallest absolute Gasteiger partial charge is 0.340 e. The van der Waals surface area contributed by atoms with E-state index in [2.05, 4.69) is 40.0 Å². The molecule has 0 bridgehead atoms. The SMILES string of the molecule is COC(=O)c1c[nH]c2c1=Cn1c(cc3cccc(C4CCCCC4)c31)[C@@H]1CCCCC=21. The third-order valence-corrected chi connectivity index (χ3v) is 7.84. The molecule has 6 rings (SSSR count). The molecule has 0 amide bonds. The van der Waals surface area contributed by atoms with Crippen molar-refractivity contribution in [3.8, 4) is 0 Å². The van der Waals surface area contributed by atoms with Crippen LogP contribution in [0.3, 0.4) is 0 Å². The number of para-hydroxylation sites is 1. The second-order valence-corrected chi connectivity index (χ2v) is 9.49. The zero-order valence-corrected chi connectivity index (χ0v) is 18.2. The monoisotopic (exact) mass is 414 g/mol. The van der Waals surface area contributed by atoms with Crippen molar-refractivity contribution in [2.24, 2.45) is 0 Å². The first-order valence-corrected chi connectivity index (χ1v) is 11.9. The second kappa shape index (κ2) is 7.44. The Morgan fingerprint density at radius 2 is 1.94 bits per heavy atom. The number of fused-ring (bicyclic) bond motifs is 6. The molecule has 31 heavy (non-hydrogen) atoms. The van der Waals surface area contributed by atoms with Crippen LogP contribution in [-0.4, -0.2) is 22.6 Å². The van der Waals surface area contributed by atoms with Crippen molar-refractivity contribution in [1.82, 2.24) is 9.55 Å². The van der Waals surface area contributed by atoms with E-state index in [1.54, 1.807) is 0 Å². The molecular weight excluding hydrogens is 384 g/mol. The number of benzene rings is 1. The lowest BCUT2D eigenvalue weighted by Crippen LogP contribution is -2.31. The minimum Gasteiger partial charge on any atom is -0.465 e. The Hall–Kier alpha value is -2.75. The second-order valence-electron chi connectivity index (χ2n) is 9.49. The highest BCUT2D eigenvalue weighted by molar-refractivity contribution is 5.92. The first-order chi connectivity index (χ1) is 15.3. The minimum atomic E-state index is -0.269. The van der Waals surface area contributed by atoms with Crippen molar-refractivity contribution in [2.75, 3.05) is 7.11 Å². The zero-order chi connectivity index (χ0) is 20.9. The van der Waals surface area contributed by atoms with Gasteiger partial charge < -0.3 is 14.3 Å². The summed E-state index contributed by atoms with van der Waals surface area (Å²) in [5.41, 5.74) is 6.30. The fraction of sp³-hybridized carbons (Fsp3) is 0.444. The lowest BCUT2D eigenvalue weighted by molar-refractivity contribution is 0.0599. The molecule has 4 nitrogen and oxygen atoms in total. The first kappa shape index (κ1) is 19.0. The standard InChI is InChI=1S/C27H30N2O2/c1-31-27(30)22-15-28-25-21-12-6-5-11-20(21)24-14-18-10-7-13-19(17-8-3-2-4-9-17)26(18)29(24)16-23(22)25/h7,10,13-17,20,28H,2-6,8-9,11-12H2,1H3/t20-/m1/s1. The Morgan fingerprint density at radius 1 is 1.10 bits per heavy atom. The van der Waals surface area contributed by atoms with E-state index in [1.807, 2.05) is 6.20 Å². The Kier molecular flexibility index (Phi) is 4.55. The van der Waals surface area contributed by atoms with Crippen molar-refractivity contribution < 1.29 is 9.53 Å². The van der Waals surface area contributed by atoms with Crippen molar-refractivity contribution in [2.45, 2.75) is 69.6 Å². The molecule has 2 fully saturated rings. The van der Waals surface area contributed by atoms with Crippen LogP contribution >= 0.6 is 0 Å². The number of aromatic nitrogens is 2. The van der Waals surface area contributed by atoms with Gasteiger partial charge in [0.05, 0.1) is 18.2 Å². The third-order valence-electron chi connectivity index (χ3n) is 7.84. The largest absolute Gasteiger partial charge is 0.465 e. The fourth-order valence-corrected chi connectivity index (χ4v) is 6.36. The van der Waals surface area contributed by atoms with Crippen molar-refractivity contribution in [3.05, 3.63) is 57.9 Å².